The fraction of sp³-hybridized carbons (Fsp3) is 0.125. The van der Waals surface area contributed by atoms with Gasteiger partial charge in [-0.25, -0.2) is 4.39 Å². The van der Waals surface area contributed by atoms with E-state index in [1.54, 1.807) is 12.1 Å². The first-order chi connectivity index (χ1) is 11.4. The number of hydrogen-bond donors (Lipinski definition) is 0. The minimum absolute atomic E-state index is 0.115. The molecule has 0 N–H and O–H groups in total. The molecule has 8 heteroatoms. The zero-order chi connectivity index (χ0) is 17.7. The molecule has 0 saturated heterocycles. The SMILES string of the molecule is O=C(CCC(=O)Oc1cccc(Cl)c1Cl)Oc1ccc(F)cc1Br. The highest BCUT2D eigenvalue weighted by Gasteiger charge is 2.14. The predicted octanol–water partition coefficient (Wildman–Crippen LogP) is 5.19. The molecule has 0 spiro atoms. The van der Waals surface area contributed by atoms with Crippen LogP contribution < -0.4 is 9.47 Å². The minimum Gasteiger partial charge on any atom is -0.425 e. The second-order valence-corrected chi connectivity index (χ2v) is 6.21. The van der Waals surface area contributed by atoms with E-state index in [1.807, 2.05) is 0 Å². The number of halogens is 4. The van der Waals surface area contributed by atoms with Crippen LogP contribution in [-0.2, 0) is 9.59 Å². The summed E-state index contributed by atoms with van der Waals surface area (Å²) in [4.78, 5) is 23.5. The van der Waals surface area contributed by atoms with Crippen molar-refractivity contribution >= 4 is 51.1 Å². The Labute approximate surface area is 155 Å². The molecule has 0 fully saturated rings. The van der Waals surface area contributed by atoms with Gasteiger partial charge in [0.1, 0.15) is 16.6 Å². The summed E-state index contributed by atoms with van der Waals surface area (Å²) < 4.78 is 23.3. The minimum atomic E-state index is -0.658. The second-order valence-electron chi connectivity index (χ2n) is 4.57. The van der Waals surface area contributed by atoms with E-state index in [4.69, 9.17) is 32.7 Å². The highest BCUT2D eigenvalue weighted by molar-refractivity contribution is 9.10. The van der Waals surface area contributed by atoms with Gasteiger partial charge in [0, 0.05) is 0 Å². The second kappa shape index (κ2) is 8.46. The molecule has 2 aromatic carbocycles. The van der Waals surface area contributed by atoms with E-state index in [-0.39, 0.29) is 34.4 Å². The van der Waals surface area contributed by atoms with Crippen LogP contribution in [0, 0.1) is 5.82 Å². The average Bonchev–Trinajstić information content (AvgIpc) is 2.53. The van der Waals surface area contributed by atoms with Crippen molar-refractivity contribution in [2.75, 3.05) is 0 Å². The van der Waals surface area contributed by atoms with Crippen LogP contribution in [-0.4, -0.2) is 11.9 Å². The van der Waals surface area contributed by atoms with Crippen molar-refractivity contribution in [2.24, 2.45) is 0 Å². The van der Waals surface area contributed by atoms with Gasteiger partial charge in [0.25, 0.3) is 0 Å². The van der Waals surface area contributed by atoms with Gasteiger partial charge in [0.2, 0.25) is 0 Å². The Balaban J connectivity index is 1.87. The standard InChI is InChI=1S/C16H10BrCl2FO4/c17-10-8-9(20)4-5-12(10)23-14(21)6-7-15(22)24-13-3-1-2-11(18)16(13)19/h1-5,8H,6-7H2. The van der Waals surface area contributed by atoms with Gasteiger partial charge in [-0.3, -0.25) is 9.59 Å². The number of ether oxygens (including phenoxy) is 2. The molecule has 2 rings (SSSR count). The van der Waals surface area contributed by atoms with Gasteiger partial charge < -0.3 is 9.47 Å². The Kier molecular flexibility index (Phi) is 6.60. The summed E-state index contributed by atoms with van der Waals surface area (Å²) in [6.07, 6.45) is -0.415. The van der Waals surface area contributed by atoms with Gasteiger partial charge in [-0.15, -0.1) is 0 Å². The van der Waals surface area contributed by atoms with E-state index in [1.165, 1.54) is 12.1 Å². The van der Waals surface area contributed by atoms with Crippen LogP contribution >= 0.6 is 39.1 Å². The van der Waals surface area contributed by atoms with Crippen LogP contribution in [0.1, 0.15) is 12.8 Å². The number of carbonyl (C=O) groups excluding carboxylic acids is 2. The highest BCUT2D eigenvalue weighted by atomic mass is 79.9. The molecule has 0 bridgehead atoms. The summed E-state index contributed by atoms with van der Waals surface area (Å²) in [7, 11) is 0. The monoisotopic (exact) mass is 434 g/mol. The molecular formula is C16H10BrCl2FO4. The van der Waals surface area contributed by atoms with Crippen molar-refractivity contribution in [3.05, 3.63) is 56.7 Å². The topological polar surface area (TPSA) is 52.6 Å². The number of rotatable bonds is 5. The summed E-state index contributed by atoms with van der Waals surface area (Å²) in [5.41, 5.74) is 0. The molecule has 2 aromatic rings. The highest BCUT2D eigenvalue weighted by Crippen LogP contribution is 2.31. The molecule has 0 aliphatic rings. The maximum absolute atomic E-state index is 13.0. The van der Waals surface area contributed by atoms with E-state index in [9.17, 15) is 14.0 Å². The molecule has 0 heterocycles. The Morgan fingerprint density at radius 2 is 1.62 bits per heavy atom. The lowest BCUT2D eigenvalue weighted by Crippen LogP contribution is -2.14. The largest absolute Gasteiger partial charge is 0.425 e. The van der Waals surface area contributed by atoms with Crippen molar-refractivity contribution in [1.29, 1.82) is 0 Å². The quantitative estimate of drug-likeness (QED) is 0.479. The van der Waals surface area contributed by atoms with E-state index < -0.39 is 17.8 Å². The van der Waals surface area contributed by atoms with E-state index in [2.05, 4.69) is 15.9 Å². The number of esters is 2. The molecule has 126 valence electrons. The predicted molar refractivity (Wildman–Crippen MR) is 91.1 cm³/mol. The molecule has 0 radical (unpaired) electrons. The average molecular weight is 436 g/mol. The van der Waals surface area contributed by atoms with Crippen LogP contribution in [0.15, 0.2) is 40.9 Å². The molecule has 0 aliphatic heterocycles. The van der Waals surface area contributed by atoms with Crippen LogP contribution in [0.2, 0.25) is 10.0 Å². The number of benzene rings is 2. The maximum Gasteiger partial charge on any atom is 0.311 e. The fourth-order valence-corrected chi connectivity index (χ4v) is 2.43. The van der Waals surface area contributed by atoms with E-state index in [0.717, 1.165) is 12.1 Å². The first-order valence-corrected chi connectivity index (χ1v) is 8.22. The van der Waals surface area contributed by atoms with Gasteiger partial charge in [-0.2, -0.15) is 0 Å². The Morgan fingerprint density at radius 1 is 1.00 bits per heavy atom. The molecule has 4 nitrogen and oxygen atoms in total. The van der Waals surface area contributed by atoms with E-state index in [0.29, 0.717) is 4.47 Å². The van der Waals surface area contributed by atoms with Crippen molar-refractivity contribution in [3.8, 4) is 11.5 Å². The lowest BCUT2D eigenvalue weighted by Gasteiger charge is -2.08. The fourth-order valence-electron chi connectivity index (χ4n) is 1.67. The van der Waals surface area contributed by atoms with Crippen molar-refractivity contribution in [1.82, 2.24) is 0 Å². The summed E-state index contributed by atoms with van der Waals surface area (Å²) in [6.45, 7) is 0. The normalized spacial score (nSPS) is 10.3. The molecule has 0 saturated carbocycles. The summed E-state index contributed by atoms with van der Waals surface area (Å²) in [5, 5.41) is 0.368. The van der Waals surface area contributed by atoms with Gasteiger partial charge in [-0.1, -0.05) is 29.3 Å². The molecule has 0 aliphatic carbocycles. The molecule has 0 atom stereocenters. The van der Waals surface area contributed by atoms with Gasteiger partial charge in [0.05, 0.1) is 22.3 Å². The summed E-state index contributed by atoms with van der Waals surface area (Å²) >= 11 is 14.8. The van der Waals surface area contributed by atoms with E-state index >= 15 is 0 Å². The lowest BCUT2D eigenvalue weighted by atomic mass is 10.3. The number of carbonyl (C=O) groups is 2. The zero-order valence-corrected chi connectivity index (χ0v) is 15.1. The third-order valence-electron chi connectivity index (χ3n) is 2.79. The number of hydrogen-bond acceptors (Lipinski definition) is 4. The van der Waals surface area contributed by atoms with Crippen LogP contribution in [0.4, 0.5) is 4.39 Å². The molecule has 24 heavy (non-hydrogen) atoms. The third-order valence-corrected chi connectivity index (χ3v) is 4.21. The first-order valence-electron chi connectivity index (χ1n) is 6.67. The Bertz CT molecular complexity index is 783. The zero-order valence-electron chi connectivity index (χ0n) is 12.0. The summed E-state index contributed by atoms with van der Waals surface area (Å²) in [5.74, 6) is -1.51. The van der Waals surface area contributed by atoms with Crippen molar-refractivity contribution < 1.29 is 23.5 Å². The lowest BCUT2D eigenvalue weighted by molar-refractivity contribution is -0.140. The third kappa shape index (κ3) is 5.19. The molecular weight excluding hydrogens is 426 g/mol. The first kappa shape index (κ1) is 18.7. The molecule has 0 unspecified atom stereocenters. The smallest absolute Gasteiger partial charge is 0.311 e. The van der Waals surface area contributed by atoms with Gasteiger partial charge in [-0.05, 0) is 46.3 Å². The molecule has 0 aromatic heterocycles. The van der Waals surface area contributed by atoms with Gasteiger partial charge >= 0.3 is 11.9 Å². The van der Waals surface area contributed by atoms with Gasteiger partial charge in [0.15, 0.2) is 5.75 Å². The Hall–Kier alpha value is -1.63. The van der Waals surface area contributed by atoms with Crippen LogP contribution in [0.25, 0.3) is 0 Å². The van der Waals surface area contributed by atoms with Crippen molar-refractivity contribution in [3.63, 3.8) is 0 Å². The van der Waals surface area contributed by atoms with Crippen LogP contribution in [0.5, 0.6) is 11.5 Å². The van der Waals surface area contributed by atoms with Crippen LogP contribution in [0.3, 0.4) is 0 Å². The summed E-state index contributed by atoms with van der Waals surface area (Å²) in [6, 6.07) is 8.25. The van der Waals surface area contributed by atoms with Crippen molar-refractivity contribution in [2.45, 2.75) is 12.8 Å². The molecule has 0 amide bonds. The maximum atomic E-state index is 13.0. The Morgan fingerprint density at radius 3 is 2.25 bits per heavy atom.